The summed E-state index contributed by atoms with van der Waals surface area (Å²) in [5, 5.41) is 2.61. The van der Waals surface area contributed by atoms with Gasteiger partial charge in [-0.25, -0.2) is 18.7 Å². The molecule has 8 nitrogen and oxygen atoms in total. The molecule has 0 unspecified atom stereocenters. The van der Waals surface area contributed by atoms with Crippen molar-refractivity contribution in [1.29, 1.82) is 0 Å². The summed E-state index contributed by atoms with van der Waals surface area (Å²) in [7, 11) is 1.65. The second kappa shape index (κ2) is 11.8. The summed E-state index contributed by atoms with van der Waals surface area (Å²) < 4.78 is 35.2. The Morgan fingerprint density at radius 2 is 1.97 bits per heavy atom. The fourth-order valence-corrected chi connectivity index (χ4v) is 4.24. The molecule has 0 bridgehead atoms. The van der Waals surface area contributed by atoms with Gasteiger partial charge in [-0.3, -0.25) is 9.59 Å². The van der Waals surface area contributed by atoms with Crippen LogP contribution in [0.1, 0.15) is 46.7 Å². The Bertz CT molecular complexity index is 1370. The third-order valence-electron chi connectivity index (χ3n) is 6.42. The highest BCUT2D eigenvalue weighted by Crippen LogP contribution is 2.40. The molecule has 1 aliphatic rings. The number of halogens is 2. The molecule has 1 fully saturated rings. The fraction of sp³-hybridized carbons (Fsp3) is 0.333. The number of carbonyl (C=O) groups excluding carboxylic acids is 2. The zero-order valence-corrected chi connectivity index (χ0v) is 22.0. The minimum Gasteiger partial charge on any atom is -0.486 e. The molecule has 1 aromatic heterocycles. The van der Waals surface area contributed by atoms with E-state index in [1.54, 1.807) is 20.0 Å². The van der Waals surface area contributed by atoms with Crippen LogP contribution in [0.15, 0.2) is 36.7 Å². The third kappa shape index (κ3) is 6.21. The summed E-state index contributed by atoms with van der Waals surface area (Å²) in [6, 6.07) is 6.97. The molecule has 38 heavy (non-hydrogen) atoms. The van der Waals surface area contributed by atoms with E-state index < -0.39 is 17.5 Å². The van der Waals surface area contributed by atoms with Crippen molar-refractivity contribution < 1.29 is 23.1 Å². The van der Waals surface area contributed by atoms with Gasteiger partial charge in [-0.2, -0.15) is 12.6 Å². The minimum atomic E-state index is -0.697. The maximum atomic E-state index is 14.7. The zero-order valence-electron chi connectivity index (χ0n) is 21.1. The van der Waals surface area contributed by atoms with Crippen LogP contribution in [0.2, 0.25) is 0 Å². The number of thiol groups is 1. The molecular formula is C27H29F2N5O3S. The zero-order chi connectivity index (χ0) is 27.4. The lowest BCUT2D eigenvalue weighted by molar-refractivity contribution is -0.129. The number of aromatic nitrogens is 2. The standard InChI is InChI=1S/C27H29F2N5O3S/c1-15-20(24-25(26(30)32-14-31-24)37-9-8-34(2)23(35)7-10-38)12-18(28)13-22(15)33-27(36)19-6-5-17(11-21(19)29)16-3-4-16/h5-6,11-14,16,38H,3-4,7-10H2,1-2H3,(H,33,36)(H2,30,31,32). The van der Waals surface area contributed by atoms with E-state index in [-0.39, 0.29) is 47.6 Å². The van der Waals surface area contributed by atoms with Gasteiger partial charge in [-0.05, 0) is 66.8 Å². The van der Waals surface area contributed by atoms with Gasteiger partial charge >= 0.3 is 0 Å². The molecule has 3 aromatic rings. The molecule has 1 aliphatic carbocycles. The summed E-state index contributed by atoms with van der Waals surface area (Å²) >= 11 is 4.07. The molecular weight excluding hydrogens is 512 g/mol. The molecule has 11 heteroatoms. The first-order chi connectivity index (χ1) is 18.2. The number of nitrogens with one attached hydrogen (secondary N) is 1. The van der Waals surface area contributed by atoms with E-state index in [2.05, 4.69) is 27.9 Å². The van der Waals surface area contributed by atoms with Gasteiger partial charge < -0.3 is 20.7 Å². The Balaban J connectivity index is 1.57. The van der Waals surface area contributed by atoms with Crippen LogP contribution in [-0.4, -0.2) is 52.6 Å². The lowest BCUT2D eigenvalue weighted by Gasteiger charge is -2.19. The molecule has 4 rings (SSSR count). The normalized spacial score (nSPS) is 12.8. The molecule has 1 heterocycles. The number of likely N-dealkylation sites (N-methyl/N-ethyl adjacent to an activating group) is 1. The van der Waals surface area contributed by atoms with Crippen molar-refractivity contribution in [2.24, 2.45) is 0 Å². The van der Waals surface area contributed by atoms with E-state index in [1.165, 1.54) is 29.4 Å². The maximum Gasteiger partial charge on any atom is 0.258 e. The number of nitrogens with two attached hydrogens (primary N) is 1. The summed E-state index contributed by atoms with van der Waals surface area (Å²) in [6.45, 7) is 2.03. The molecule has 2 aromatic carbocycles. The summed E-state index contributed by atoms with van der Waals surface area (Å²) in [4.78, 5) is 34.6. The van der Waals surface area contributed by atoms with Crippen LogP contribution in [0.4, 0.5) is 20.3 Å². The summed E-state index contributed by atoms with van der Waals surface area (Å²) in [5.74, 6) is -1.12. The van der Waals surface area contributed by atoms with Crippen LogP contribution in [0.5, 0.6) is 5.75 Å². The van der Waals surface area contributed by atoms with Crippen LogP contribution in [-0.2, 0) is 4.79 Å². The Morgan fingerprint density at radius 3 is 2.66 bits per heavy atom. The lowest BCUT2D eigenvalue weighted by atomic mass is 10.0. The van der Waals surface area contributed by atoms with Gasteiger partial charge in [0, 0.05) is 24.7 Å². The fourth-order valence-electron chi connectivity index (χ4n) is 4.05. The molecule has 3 N–H and O–H groups in total. The Kier molecular flexibility index (Phi) is 8.45. The summed E-state index contributed by atoms with van der Waals surface area (Å²) in [5.41, 5.74) is 7.94. The van der Waals surface area contributed by atoms with E-state index >= 15 is 0 Å². The van der Waals surface area contributed by atoms with Crippen LogP contribution >= 0.6 is 12.6 Å². The van der Waals surface area contributed by atoms with Gasteiger partial charge in [0.15, 0.2) is 11.6 Å². The van der Waals surface area contributed by atoms with Crippen LogP contribution in [0.25, 0.3) is 11.3 Å². The number of rotatable bonds is 10. The lowest BCUT2D eigenvalue weighted by Crippen LogP contribution is -2.31. The number of hydrogen-bond acceptors (Lipinski definition) is 7. The van der Waals surface area contributed by atoms with Crippen molar-refractivity contribution in [3.63, 3.8) is 0 Å². The number of benzene rings is 2. The highest BCUT2D eigenvalue weighted by atomic mass is 32.1. The van der Waals surface area contributed by atoms with E-state index in [9.17, 15) is 18.4 Å². The van der Waals surface area contributed by atoms with Gasteiger partial charge in [0.25, 0.3) is 5.91 Å². The van der Waals surface area contributed by atoms with Gasteiger partial charge in [-0.15, -0.1) is 0 Å². The molecule has 0 spiro atoms. The number of anilines is 2. The van der Waals surface area contributed by atoms with Gasteiger partial charge in [0.2, 0.25) is 5.91 Å². The highest BCUT2D eigenvalue weighted by Gasteiger charge is 2.25. The van der Waals surface area contributed by atoms with Crippen molar-refractivity contribution in [3.8, 4) is 17.0 Å². The van der Waals surface area contributed by atoms with Gasteiger partial charge in [-0.1, -0.05) is 6.07 Å². The number of amides is 2. The largest absolute Gasteiger partial charge is 0.486 e. The Hall–Kier alpha value is -3.73. The quantitative estimate of drug-likeness (QED) is 0.324. The van der Waals surface area contributed by atoms with E-state index in [1.807, 2.05) is 0 Å². The molecule has 0 radical (unpaired) electrons. The summed E-state index contributed by atoms with van der Waals surface area (Å²) in [6.07, 6.45) is 3.55. The van der Waals surface area contributed by atoms with Crippen molar-refractivity contribution in [3.05, 3.63) is 65.0 Å². The Morgan fingerprint density at radius 1 is 1.21 bits per heavy atom. The smallest absolute Gasteiger partial charge is 0.258 e. The minimum absolute atomic E-state index is 0.0337. The number of nitrogens with zero attached hydrogens (tertiary/aromatic N) is 3. The number of carbonyl (C=O) groups is 2. The third-order valence-corrected chi connectivity index (χ3v) is 6.64. The van der Waals surface area contributed by atoms with E-state index in [0.717, 1.165) is 24.5 Å². The van der Waals surface area contributed by atoms with Gasteiger partial charge in [0.1, 0.15) is 30.3 Å². The molecule has 0 aliphatic heterocycles. The van der Waals surface area contributed by atoms with Crippen LogP contribution in [0, 0.1) is 18.6 Å². The highest BCUT2D eigenvalue weighted by molar-refractivity contribution is 7.80. The average molecular weight is 542 g/mol. The molecule has 1 saturated carbocycles. The number of hydrogen-bond donors (Lipinski definition) is 3. The second-order valence-corrected chi connectivity index (χ2v) is 9.61. The van der Waals surface area contributed by atoms with Crippen LogP contribution in [0.3, 0.4) is 0 Å². The molecule has 0 atom stereocenters. The van der Waals surface area contributed by atoms with E-state index in [4.69, 9.17) is 10.5 Å². The van der Waals surface area contributed by atoms with Crippen molar-refractivity contribution in [2.45, 2.75) is 32.1 Å². The van der Waals surface area contributed by atoms with Crippen molar-refractivity contribution in [2.75, 3.05) is 37.0 Å². The van der Waals surface area contributed by atoms with Crippen molar-refractivity contribution in [1.82, 2.24) is 14.9 Å². The monoisotopic (exact) mass is 541 g/mol. The number of ether oxygens (including phenoxy) is 1. The Labute approximate surface area is 225 Å². The van der Waals surface area contributed by atoms with Crippen molar-refractivity contribution >= 4 is 35.9 Å². The molecule has 200 valence electrons. The molecule has 0 saturated heterocycles. The average Bonchev–Trinajstić information content (AvgIpc) is 3.72. The predicted octanol–water partition coefficient (Wildman–Crippen LogP) is 4.60. The first kappa shape index (κ1) is 27.3. The molecule has 2 amide bonds. The van der Waals surface area contributed by atoms with Gasteiger partial charge in [0.05, 0.1) is 12.1 Å². The first-order valence-electron chi connectivity index (χ1n) is 12.2. The first-order valence-corrected chi connectivity index (χ1v) is 12.8. The van der Waals surface area contributed by atoms with Crippen LogP contribution < -0.4 is 15.8 Å². The van der Waals surface area contributed by atoms with E-state index in [0.29, 0.717) is 29.2 Å². The predicted molar refractivity (Wildman–Crippen MR) is 145 cm³/mol. The second-order valence-electron chi connectivity index (χ2n) is 9.17. The topological polar surface area (TPSA) is 110 Å². The maximum absolute atomic E-state index is 14.7. The number of nitrogen functional groups attached to an aromatic ring is 1. The SMILES string of the molecule is Cc1c(NC(=O)c2ccc(C3CC3)cc2F)cc(F)cc1-c1ncnc(N)c1OCCN(C)C(=O)CCS.